The monoisotopic (exact) mass is 321 g/mol. The quantitative estimate of drug-likeness (QED) is 0.712. The molecule has 24 heavy (non-hydrogen) atoms. The SMILES string of the molecule is [CH]1CCN(CCCN(Cc2ccccc2)Cc2ccccc2)CC1. The Hall–Kier alpha value is -1.64. The lowest BCUT2D eigenvalue weighted by Gasteiger charge is -2.28. The van der Waals surface area contributed by atoms with E-state index in [1.807, 2.05) is 0 Å². The molecule has 0 aliphatic carbocycles. The Morgan fingerprint density at radius 3 is 1.83 bits per heavy atom. The van der Waals surface area contributed by atoms with Crippen LogP contribution < -0.4 is 0 Å². The number of benzene rings is 2. The fourth-order valence-corrected chi connectivity index (χ4v) is 3.44. The summed E-state index contributed by atoms with van der Waals surface area (Å²) in [4.78, 5) is 5.20. The van der Waals surface area contributed by atoms with Crippen molar-refractivity contribution >= 4 is 0 Å². The molecular formula is C22H29N2. The standard InChI is InChI=1S/C22H29N2/c1-4-11-21(12-5-1)19-24(20-22-13-6-2-7-14-22)18-10-17-23-15-8-3-9-16-23/h1-7,11-14H,8-10,15-20H2. The highest BCUT2D eigenvalue weighted by Crippen LogP contribution is 2.12. The highest BCUT2D eigenvalue weighted by atomic mass is 15.1. The highest BCUT2D eigenvalue weighted by Gasteiger charge is 2.11. The fraction of sp³-hybridized carbons (Fsp3) is 0.409. The van der Waals surface area contributed by atoms with Gasteiger partial charge in [0.05, 0.1) is 0 Å². The molecule has 0 unspecified atom stereocenters. The van der Waals surface area contributed by atoms with Crippen molar-refractivity contribution < 1.29 is 0 Å². The summed E-state index contributed by atoms with van der Waals surface area (Å²) >= 11 is 0. The molecule has 0 amide bonds. The van der Waals surface area contributed by atoms with Crippen molar-refractivity contribution in [1.82, 2.24) is 9.80 Å². The highest BCUT2D eigenvalue weighted by molar-refractivity contribution is 5.17. The minimum atomic E-state index is 1.03. The number of likely N-dealkylation sites (tertiary alicyclic amines) is 1. The molecule has 1 fully saturated rings. The Labute approximate surface area is 147 Å². The second kappa shape index (κ2) is 9.61. The first-order chi connectivity index (χ1) is 11.9. The molecule has 1 heterocycles. The molecule has 2 aromatic rings. The maximum absolute atomic E-state index is 2.61. The topological polar surface area (TPSA) is 6.48 Å². The average Bonchev–Trinajstić information content (AvgIpc) is 2.64. The second-order valence-corrected chi connectivity index (χ2v) is 6.74. The second-order valence-electron chi connectivity index (χ2n) is 6.74. The summed E-state index contributed by atoms with van der Waals surface area (Å²) in [6.45, 7) is 6.94. The molecule has 0 spiro atoms. The van der Waals surface area contributed by atoms with E-state index < -0.39 is 0 Å². The summed E-state index contributed by atoms with van der Waals surface area (Å²) in [5.74, 6) is 0. The molecule has 1 saturated heterocycles. The lowest BCUT2D eigenvalue weighted by atomic mass is 10.1. The van der Waals surface area contributed by atoms with Crippen molar-refractivity contribution in [1.29, 1.82) is 0 Å². The van der Waals surface area contributed by atoms with Crippen LogP contribution in [0.1, 0.15) is 30.4 Å². The average molecular weight is 321 g/mol. The summed E-state index contributed by atoms with van der Waals surface area (Å²) in [7, 11) is 0. The smallest absolute Gasteiger partial charge is 0.0237 e. The van der Waals surface area contributed by atoms with Gasteiger partial charge < -0.3 is 4.90 Å². The lowest BCUT2D eigenvalue weighted by molar-refractivity contribution is 0.208. The molecule has 0 aromatic heterocycles. The first-order valence-electron chi connectivity index (χ1n) is 9.24. The van der Waals surface area contributed by atoms with Crippen LogP contribution in [0.15, 0.2) is 60.7 Å². The van der Waals surface area contributed by atoms with Crippen LogP contribution >= 0.6 is 0 Å². The van der Waals surface area contributed by atoms with Gasteiger partial charge in [-0.15, -0.1) is 0 Å². The van der Waals surface area contributed by atoms with Gasteiger partial charge in [-0.2, -0.15) is 0 Å². The molecule has 1 aliphatic rings. The van der Waals surface area contributed by atoms with Gasteiger partial charge in [-0.1, -0.05) is 60.7 Å². The van der Waals surface area contributed by atoms with Crippen molar-refractivity contribution in [3.63, 3.8) is 0 Å². The van der Waals surface area contributed by atoms with Crippen molar-refractivity contribution in [2.24, 2.45) is 0 Å². The van der Waals surface area contributed by atoms with E-state index >= 15 is 0 Å². The lowest BCUT2D eigenvalue weighted by Crippen LogP contribution is -2.33. The summed E-state index contributed by atoms with van der Waals surface area (Å²) in [6, 6.07) is 21.7. The Kier molecular flexibility index (Phi) is 6.88. The number of rotatable bonds is 8. The predicted octanol–water partition coefficient (Wildman–Crippen LogP) is 4.38. The molecule has 1 aliphatic heterocycles. The van der Waals surface area contributed by atoms with E-state index in [1.54, 1.807) is 0 Å². The minimum Gasteiger partial charge on any atom is -0.303 e. The Balaban J connectivity index is 1.54. The Morgan fingerprint density at radius 2 is 1.29 bits per heavy atom. The number of piperidine rings is 1. The van der Waals surface area contributed by atoms with Gasteiger partial charge in [0.2, 0.25) is 0 Å². The van der Waals surface area contributed by atoms with Gasteiger partial charge in [0, 0.05) is 19.6 Å². The largest absolute Gasteiger partial charge is 0.303 e. The Bertz CT molecular complexity index is 520. The molecule has 3 rings (SSSR count). The number of hydrogen-bond donors (Lipinski definition) is 0. The van der Waals surface area contributed by atoms with Gasteiger partial charge in [-0.25, -0.2) is 0 Å². The molecule has 0 atom stereocenters. The van der Waals surface area contributed by atoms with Gasteiger partial charge in [-0.05, 0) is 56.4 Å². The first kappa shape index (κ1) is 17.2. The van der Waals surface area contributed by atoms with E-state index in [2.05, 4.69) is 76.9 Å². The van der Waals surface area contributed by atoms with Crippen molar-refractivity contribution in [2.45, 2.75) is 32.4 Å². The fourth-order valence-electron chi connectivity index (χ4n) is 3.44. The molecule has 2 nitrogen and oxygen atoms in total. The van der Waals surface area contributed by atoms with Gasteiger partial charge in [0.25, 0.3) is 0 Å². The van der Waals surface area contributed by atoms with Crippen molar-refractivity contribution in [3.8, 4) is 0 Å². The zero-order chi connectivity index (χ0) is 16.5. The van der Waals surface area contributed by atoms with Crippen LogP contribution in [0, 0.1) is 6.42 Å². The summed E-state index contributed by atoms with van der Waals surface area (Å²) in [6.07, 6.45) is 6.20. The normalized spacial score (nSPS) is 15.7. The molecule has 2 aromatic carbocycles. The third kappa shape index (κ3) is 5.77. The maximum Gasteiger partial charge on any atom is 0.0237 e. The molecule has 2 heteroatoms. The predicted molar refractivity (Wildman–Crippen MR) is 102 cm³/mol. The number of hydrogen-bond acceptors (Lipinski definition) is 2. The van der Waals surface area contributed by atoms with Crippen LogP contribution in [-0.2, 0) is 13.1 Å². The van der Waals surface area contributed by atoms with E-state index in [1.165, 1.54) is 50.0 Å². The zero-order valence-electron chi connectivity index (χ0n) is 14.6. The first-order valence-corrected chi connectivity index (χ1v) is 9.24. The van der Waals surface area contributed by atoms with Gasteiger partial charge in [0.1, 0.15) is 0 Å². The van der Waals surface area contributed by atoms with Crippen LogP contribution in [0.3, 0.4) is 0 Å². The van der Waals surface area contributed by atoms with Crippen LogP contribution in [-0.4, -0.2) is 36.0 Å². The van der Waals surface area contributed by atoms with Gasteiger partial charge >= 0.3 is 0 Å². The van der Waals surface area contributed by atoms with Crippen LogP contribution in [0.5, 0.6) is 0 Å². The molecule has 0 bridgehead atoms. The van der Waals surface area contributed by atoms with Crippen molar-refractivity contribution in [2.75, 3.05) is 26.2 Å². The number of nitrogens with zero attached hydrogens (tertiary/aromatic N) is 2. The molecule has 0 N–H and O–H groups in total. The molecular weight excluding hydrogens is 292 g/mol. The third-order valence-electron chi connectivity index (χ3n) is 4.75. The van der Waals surface area contributed by atoms with Gasteiger partial charge in [-0.3, -0.25) is 4.90 Å². The molecule has 1 radical (unpaired) electrons. The summed E-state index contributed by atoms with van der Waals surface area (Å²) in [5, 5.41) is 0. The summed E-state index contributed by atoms with van der Waals surface area (Å²) in [5.41, 5.74) is 2.81. The third-order valence-corrected chi connectivity index (χ3v) is 4.75. The van der Waals surface area contributed by atoms with Crippen molar-refractivity contribution in [3.05, 3.63) is 78.2 Å². The molecule has 0 saturated carbocycles. The Morgan fingerprint density at radius 1 is 0.750 bits per heavy atom. The van der Waals surface area contributed by atoms with E-state index in [0.717, 1.165) is 19.6 Å². The van der Waals surface area contributed by atoms with Crippen LogP contribution in [0.4, 0.5) is 0 Å². The minimum absolute atomic E-state index is 1.03. The van der Waals surface area contributed by atoms with E-state index in [4.69, 9.17) is 0 Å². The maximum atomic E-state index is 2.61. The van der Waals surface area contributed by atoms with E-state index in [0.29, 0.717) is 0 Å². The zero-order valence-corrected chi connectivity index (χ0v) is 14.6. The van der Waals surface area contributed by atoms with Crippen LogP contribution in [0.25, 0.3) is 0 Å². The van der Waals surface area contributed by atoms with E-state index in [9.17, 15) is 0 Å². The van der Waals surface area contributed by atoms with E-state index in [-0.39, 0.29) is 0 Å². The summed E-state index contributed by atoms with van der Waals surface area (Å²) < 4.78 is 0. The van der Waals surface area contributed by atoms with Crippen LogP contribution in [0.2, 0.25) is 0 Å². The molecule has 127 valence electrons. The van der Waals surface area contributed by atoms with Gasteiger partial charge in [0.15, 0.2) is 0 Å².